The van der Waals surface area contributed by atoms with Crippen molar-refractivity contribution < 1.29 is 0 Å². The molecule has 0 amide bonds. The highest BCUT2D eigenvalue weighted by Gasteiger charge is 2.33. The van der Waals surface area contributed by atoms with Crippen molar-refractivity contribution in [3.8, 4) is 0 Å². The Bertz CT molecular complexity index is 629. The Kier molecular flexibility index (Phi) is 3.76. The Labute approximate surface area is 127 Å². The molecule has 0 radical (unpaired) electrons. The number of fused-ring (bicyclic) bond motifs is 1. The number of aryl methyl sites for hydroxylation is 1. The summed E-state index contributed by atoms with van der Waals surface area (Å²) in [5.41, 5.74) is 2.62. The van der Waals surface area contributed by atoms with Gasteiger partial charge < -0.3 is 5.32 Å². The molecule has 2 heterocycles. The summed E-state index contributed by atoms with van der Waals surface area (Å²) in [7, 11) is 0. The first kappa shape index (κ1) is 14.5. The lowest BCUT2D eigenvalue weighted by molar-refractivity contribution is 0.0616. The summed E-state index contributed by atoms with van der Waals surface area (Å²) in [4.78, 5) is 2.56. The number of para-hydroxylation sites is 1. The molecular weight excluding hydrogens is 260 g/mol. The maximum atomic E-state index is 4.85. The zero-order valence-electron chi connectivity index (χ0n) is 13.6. The highest BCUT2D eigenvalue weighted by molar-refractivity contribution is 5.81. The summed E-state index contributed by atoms with van der Waals surface area (Å²) in [6.07, 6.45) is 0. The van der Waals surface area contributed by atoms with E-state index in [2.05, 4.69) is 66.9 Å². The molecule has 1 aliphatic rings. The van der Waals surface area contributed by atoms with Gasteiger partial charge in [0.1, 0.15) is 0 Å². The molecule has 1 unspecified atom stereocenters. The summed E-state index contributed by atoms with van der Waals surface area (Å²) in [5.74, 6) is 0. The third-order valence-electron chi connectivity index (χ3n) is 4.61. The quantitative estimate of drug-likeness (QED) is 0.941. The van der Waals surface area contributed by atoms with Crippen LogP contribution in [0.3, 0.4) is 0 Å². The van der Waals surface area contributed by atoms with Crippen LogP contribution < -0.4 is 5.32 Å². The SMILES string of the molecule is CCn1nc(CN2CC(C)NCC2(C)C)c2ccccc21. The zero-order chi connectivity index (χ0) is 15.0. The van der Waals surface area contributed by atoms with Crippen molar-refractivity contribution in [2.75, 3.05) is 13.1 Å². The van der Waals surface area contributed by atoms with Gasteiger partial charge in [-0.3, -0.25) is 9.58 Å². The molecule has 114 valence electrons. The predicted molar refractivity (Wildman–Crippen MR) is 87.4 cm³/mol. The Morgan fingerprint density at radius 1 is 1.33 bits per heavy atom. The molecule has 2 aromatic rings. The van der Waals surface area contributed by atoms with Crippen molar-refractivity contribution in [3.63, 3.8) is 0 Å². The molecular formula is C17H26N4. The van der Waals surface area contributed by atoms with Crippen LogP contribution in [-0.4, -0.2) is 39.4 Å². The number of piperazine rings is 1. The number of aromatic nitrogens is 2. The Hall–Kier alpha value is -1.39. The van der Waals surface area contributed by atoms with E-state index in [1.807, 2.05) is 0 Å². The minimum atomic E-state index is 0.170. The lowest BCUT2D eigenvalue weighted by Crippen LogP contribution is -2.60. The average Bonchev–Trinajstić information content (AvgIpc) is 2.82. The van der Waals surface area contributed by atoms with Crippen LogP contribution in [0.15, 0.2) is 24.3 Å². The molecule has 1 aliphatic heterocycles. The summed E-state index contributed by atoms with van der Waals surface area (Å²) >= 11 is 0. The van der Waals surface area contributed by atoms with Gasteiger partial charge >= 0.3 is 0 Å². The fourth-order valence-electron chi connectivity index (χ4n) is 3.19. The molecule has 1 aromatic carbocycles. The second-order valence-electron chi connectivity index (χ2n) is 6.75. The molecule has 0 saturated carbocycles. The lowest BCUT2D eigenvalue weighted by Gasteiger charge is -2.45. The number of hydrogen-bond donors (Lipinski definition) is 1. The van der Waals surface area contributed by atoms with E-state index in [-0.39, 0.29) is 5.54 Å². The number of nitrogens with zero attached hydrogens (tertiary/aromatic N) is 3. The molecule has 21 heavy (non-hydrogen) atoms. The van der Waals surface area contributed by atoms with Crippen molar-refractivity contribution in [2.45, 2.75) is 52.4 Å². The number of nitrogens with one attached hydrogen (secondary N) is 1. The second-order valence-corrected chi connectivity index (χ2v) is 6.75. The van der Waals surface area contributed by atoms with Crippen LogP contribution in [0.5, 0.6) is 0 Å². The van der Waals surface area contributed by atoms with Crippen molar-refractivity contribution >= 4 is 10.9 Å². The first-order valence-corrected chi connectivity index (χ1v) is 7.94. The highest BCUT2D eigenvalue weighted by atomic mass is 15.3. The van der Waals surface area contributed by atoms with Crippen LogP contribution in [-0.2, 0) is 13.1 Å². The average molecular weight is 286 g/mol. The highest BCUT2D eigenvalue weighted by Crippen LogP contribution is 2.25. The molecule has 3 rings (SSSR count). The van der Waals surface area contributed by atoms with E-state index in [1.165, 1.54) is 16.6 Å². The van der Waals surface area contributed by atoms with Gasteiger partial charge in [-0.2, -0.15) is 5.10 Å². The van der Waals surface area contributed by atoms with E-state index in [0.717, 1.165) is 26.2 Å². The molecule has 1 atom stereocenters. The van der Waals surface area contributed by atoms with Crippen LogP contribution >= 0.6 is 0 Å². The number of hydrogen-bond acceptors (Lipinski definition) is 3. The maximum Gasteiger partial charge on any atom is 0.0843 e. The lowest BCUT2D eigenvalue weighted by atomic mass is 9.97. The van der Waals surface area contributed by atoms with Gasteiger partial charge in [0.15, 0.2) is 0 Å². The molecule has 0 bridgehead atoms. The van der Waals surface area contributed by atoms with Gasteiger partial charge in [-0.25, -0.2) is 0 Å². The number of rotatable bonds is 3. The van der Waals surface area contributed by atoms with Gasteiger partial charge in [0.05, 0.1) is 11.2 Å². The van der Waals surface area contributed by atoms with E-state index >= 15 is 0 Å². The zero-order valence-corrected chi connectivity index (χ0v) is 13.6. The number of benzene rings is 1. The molecule has 0 spiro atoms. The van der Waals surface area contributed by atoms with Gasteiger partial charge in [-0.05, 0) is 33.8 Å². The van der Waals surface area contributed by atoms with E-state index in [9.17, 15) is 0 Å². The fraction of sp³-hybridized carbons (Fsp3) is 0.588. The van der Waals surface area contributed by atoms with Crippen LogP contribution in [0.4, 0.5) is 0 Å². The Balaban J connectivity index is 1.94. The van der Waals surface area contributed by atoms with Gasteiger partial charge in [0.2, 0.25) is 0 Å². The smallest absolute Gasteiger partial charge is 0.0843 e. The van der Waals surface area contributed by atoms with Crippen LogP contribution in [0, 0.1) is 0 Å². The standard InChI is InChI=1S/C17H26N4/c1-5-21-16-9-7-6-8-14(16)15(19-21)11-20-10-13(2)18-12-17(20,3)4/h6-9,13,18H,5,10-12H2,1-4H3. The van der Waals surface area contributed by atoms with Crippen molar-refractivity contribution in [2.24, 2.45) is 0 Å². The van der Waals surface area contributed by atoms with Crippen molar-refractivity contribution in [1.82, 2.24) is 20.0 Å². The second kappa shape index (κ2) is 5.43. The summed E-state index contributed by atoms with van der Waals surface area (Å²) in [6, 6.07) is 9.11. The van der Waals surface area contributed by atoms with E-state index in [4.69, 9.17) is 5.10 Å². The van der Waals surface area contributed by atoms with Crippen LogP contribution in [0.2, 0.25) is 0 Å². The summed E-state index contributed by atoms with van der Waals surface area (Å²) in [5, 5.41) is 9.71. The first-order chi connectivity index (χ1) is 10.0. The summed E-state index contributed by atoms with van der Waals surface area (Å²) in [6.45, 7) is 13.0. The van der Waals surface area contributed by atoms with Crippen LogP contribution in [0.25, 0.3) is 10.9 Å². The van der Waals surface area contributed by atoms with Gasteiger partial charge in [-0.15, -0.1) is 0 Å². The molecule has 1 saturated heterocycles. The van der Waals surface area contributed by atoms with Crippen molar-refractivity contribution in [3.05, 3.63) is 30.0 Å². The normalized spacial score (nSPS) is 22.8. The minimum absolute atomic E-state index is 0.170. The molecule has 1 N–H and O–H groups in total. The monoisotopic (exact) mass is 286 g/mol. The van der Waals surface area contributed by atoms with E-state index in [0.29, 0.717) is 6.04 Å². The molecule has 4 heteroatoms. The third kappa shape index (κ3) is 2.70. The topological polar surface area (TPSA) is 33.1 Å². The van der Waals surface area contributed by atoms with E-state index < -0.39 is 0 Å². The maximum absolute atomic E-state index is 4.85. The third-order valence-corrected chi connectivity index (χ3v) is 4.61. The Morgan fingerprint density at radius 2 is 2.10 bits per heavy atom. The molecule has 1 fully saturated rings. The Morgan fingerprint density at radius 3 is 2.86 bits per heavy atom. The van der Waals surface area contributed by atoms with Crippen LogP contribution in [0.1, 0.15) is 33.4 Å². The van der Waals surface area contributed by atoms with Gasteiger partial charge in [0, 0.05) is 43.1 Å². The summed E-state index contributed by atoms with van der Waals surface area (Å²) < 4.78 is 2.11. The minimum Gasteiger partial charge on any atom is -0.311 e. The van der Waals surface area contributed by atoms with Crippen molar-refractivity contribution in [1.29, 1.82) is 0 Å². The molecule has 4 nitrogen and oxygen atoms in total. The predicted octanol–water partition coefficient (Wildman–Crippen LogP) is 2.63. The largest absolute Gasteiger partial charge is 0.311 e. The molecule has 0 aliphatic carbocycles. The first-order valence-electron chi connectivity index (χ1n) is 7.94. The van der Waals surface area contributed by atoms with Gasteiger partial charge in [-0.1, -0.05) is 18.2 Å². The van der Waals surface area contributed by atoms with Gasteiger partial charge in [0.25, 0.3) is 0 Å². The molecule has 1 aromatic heterocycles. The fourth-order valence-corrected chi connectivity index (χ4v) is 3.19. The van der Waals surface area contributed by atoms with E-state index in [1.54, 1.807) is 0 Å².